The maximum absolute atomic E-state index is 11.2. The first-order valence-corrected chi connectivity index (χ1v) is 5.30. The van der Waals surface area contributed by atoms with Crippen molar-refractivity contribution in [2.75, 3.05) is 12.9 Å². The first kappa shape index (κ1) is 9.90. The Morgan fingerprint density at radius 3 is 2.58 bits per heavy atom. The summed E-state index contributed by atoms with van der Waals surface area (Å²) in [7, 11) is 1.46. The van der Waals surface area contributed by atoms with Gasteiger partial charge >= 0.3 is 5.97 Å². The molecule has 70 valence electrons. The van der Waals surface area contributed by atoms with Crippen LogP contribution in [0.2, 0.25) is 0 Å². The van der Waals surface area contributed by atoms with Crippen LogP contribution in [0.4, 0.5) is 0 Å². The van der Waals surface area contributed by atoms with E-state index < -0.39 is 0 Å². The van der Waals surface area contributed by atoms with Gasteiger partial charge in [0.25, 0.3) is 0 Å². The van der Waals surface area contributed by atoms with E-state index in [2.05, 4.69) is 20.8 Å². The molecule has 0 aromatic carbocycles. The predicted octanol–water partition coefficient (Wildman–Crippen LogP) is 1.94. The first-order valence-electron chi connectivity index (χ1n) is 4.25. The summed E-state index contributed by atoms with van der Waals surface area (Å²) in [5, 5.41) is 0.468. The van der Waals surface area contributed by atoms with Crippen LogP contribution >= 0.6 is 11.8 Å². The predicted molar refractivity (Wildman–Crippen MR) is 51.2 cm³/mol. The van der Waals surface area contributed by atoms with E-state index >= 15 is 0 Å². The van der Waals surface area contributed by atoms with Crippen LogP contribution in [-0.2, 0) is 9.53 Å². The van der Waals surface area contributed by atoms with Crippen LogP contribution in [0.1, 0.15) is 20.8 Å². The van der Waals surface area contributed by atoms with E-state index in [0.717, 1.165) is 5.75 Å². The van der Waals surface area contributed by atoms with Gasteiger partial charge < -0.3 is 4.74 Å². The number of thioether (sulfide) groups is 1. The van der Waals surface area contributed by atoms with E-state index in [-0.39, 0.29) is 17.3 Å². The molecule has 2 atom stereocenters. The topological polar surface area (TPSA) is 26.3 Å². The van der Waals surface area contributed by atoms with Crippen molar-refractivity contribution in [3.63, 3.8) is 0 Å². The number of carbonyl (C=O) groups is 1. The minimum absolute atomic E-state index is 0.0500. The summed E-state index contributed by atoms with van der Waals surface area (Å²) in [5.41, 5.74) is 0.147. The van der Waals surface area contributed by atoms with E-state index in [0.29, 0.717) is 5.25 Å². The number of ether oxygens (including phenoxy) is 1. The molecule has 0 aromatic rings. The van der Waals surface area contributed by atoms with Gasteiger partial charge in [0.2, 0.25) is 0 Å². The molecule has 2 nitrogen and oxygen atoms in total. The molecule has 1 aliphatic carbocycles. The molecule has 1 saturated carbocycles. The molecular formula is C9H16O2S. The Morgan fingerprint density at radius 2 is 2.17 bits per heavy atom. The number of hydrogen-bond acceptors (Lipinski definition) is 3. The largest absolute Gasteiger partial charge is 0.469 e. The summed E-state index contributed by atoms with van der Waals surface area (Å²) in [6, 6.07) is 0. The summed E-state index contributed by atoms with van der Waals surface area (Å²) in [6.07, 6.45) is 0. The quantitative estimate of drug-likeness (QED) is 0.633. The molecular weight excluding hydrogens is 172 g/mol. The minimum atomic E-state index is -0.0500. The summed E-state index contributed by atoms with van der Waals surface area (Å²) in [6.45, 7) is 6.37. The van der Waals surface area contributed by atoms with Crippen molar-refractivity contribution in [3.8, 4) is 0 Å². The van der Waals surface area contributed by atoms with Gasteiger partial charge in [-0.25, -0.2) is 0 Å². The molecule has 1 aliphatic rings. The number of rotatable bonds is 3. The van der Waals surface area contributed by atoms with Crippen LogP contribution in [0.5, 0.6) is 0 Å². The highest BCUT2D eigenvalue weighted by atomic mass is 32.2. The molecule has 0 radical (unpaired) electrons. The van der Waals surface area contributed by atoms with Crippen LogP contribution in [-0.4, -0.2) is 24.1 Å². The van der Waals surface area contributed by atoms with Gasteiger partial charge in [-0.1, -0.05) is 20.8 Å². The van der Waals surface area contributed by atoms with Crippen molar-refractivity contribution in [2.24, 2.45) is 11.3 Å². The van der Waals surface area contributed by atoms with Crippen molar-refractivity contribution in [3.05, 3.63) is 0 Å². The van der Waals surface area contributed by atoms with Gasteiger partial charge in [-0.2, -0.15) is 11.8 Å². The minimum Gasteiger partial charge on any atom is -0.469 e. The van der Waals surface area contributed by atoms with Crippen LogP contribution in [0, 0.1) is 11.3 Å². The fourth-order valence-corrected chi connectivity index (χ4v) is 3.15. The SMILES string of the molecule is CCS[C@H]1[C@H](C(=O)OC)C1(C)C. The van der Waals surface area contributed by atoms with Gasteiger partial charge in [0.05, 0.1) is 13.0 Å². The molecule has 0 bridgehead atoms. The highest BCUT2D eigenvalue weighted by Gasteiger charge is 2.62. The van der Waals surface area contributed by atoms with Gasteiger partial charge in [0.15, 0.2) is 0 Å². The molecule has 3 heteroatoms. The second-order valence-electron chi connectivity index (χ2n) is 3.70. The monoisotopic (exact) mass is 188 g/mol. The molecule has 0 unspecified atom stereocenters. The second kappa shape index (κ2) is 3.29. The zero-order chi connectivity index (χ0) is 9.35. The summed E-state index contributed by atoms with van der Waals surface area (Å²) in [4.78, 5) is 11.2. The molecule has 1 fully saturated rings. The lowest BCUT2D eigenvalue weighted by molar-refractivity contribution is -0.142. The van der Waals surface area contributed by atoms with Gasteiger partial charge in [-0.05, 0) is 11.2 Å². The fourth-order valence-electron chi connectivity index (χ4n) is 1.64. The lowest BCUT2D eigenvalue weighted by Gasteiger charge is -1.99. The van der Waals surface area contributed by atoms with Crippen molar-refractivity contribution in [2.45, 2.75) is 26.0 Å². The zero-order valence-electron chi connectivity index (χ0n) is 8.09. The fraction of sp³-hybridized carbons (Fsp3) is 0.889. The van der Waals surface area contributed by atoms with Crippen molar-refractivity contribution in [1.82, 2.24) is 0 Å². The van der Waals surface area contributed by atoms with E-state index in [1.54, 1.807) is 0 Å². The molecule has 0 spiro atoms. The van der Waals surface area contributed by atoms with E-state index in [4.69, 9.17) is 4.74 Å². The van der Waals surface area contributed by atoms with Crippen molar-refractivity contribution >= 4 is 17.7 Å². The normalized spacial score (nSPS) is 31.3. The molecule has 0 aromatic heterocycles. The Hall–Kier alpha value is -0.180. The van der Waals surface area contributed by atoms with Gasteiger partial charge in [0.1, 0.15) is 0 Å². The van der Waals surface area contributed by atoms with Crippen LogP contribution in [0.15, 0.2) is 0 Å². The molecule has 0 heterocycles. The Labute approximate surface area is 78.1 Å². The van der Waals surface area contributed by atoms with E-state index in [1.807, 2.05) is 11.8 Å². The van der Waals surface area contributed by atoms with Crippen molar-refractivity contribution < 1.29 is 9.53 Å². The Morgan fingerprint density at radius 1 is 1.58 bits per heavy atom. The highest BCUT2D eigenvalue weighted by Crippen LogP contribution is 2.59. The Bertz CT molecular complexity index is 189. The maximum atomic E-state index is 11.2. The molecule has 1 rings (SSSR count). The van der Waals surface area contributed by atoms with E-state index in [1.165, 1.54) is 7.11 Å². The molecule has 0 aliphatic heterocycles. The van der Waals surface area contributed by atoms with Gasteiger partial charge in [-0.3, -0.25) is 4.79 Å². The lowest BCUT2D eigenvalue weighted by Crippen LogP contribution is -2.07. The Kier molecular flexibility index (Phi) is 2.71. The maximum Gasteiger partial charge on any atom is 0.310 e. The third-order valence-corrected chi connectivity index (χ3v) is 4.10. The smallest absolute Gasteiger partial charge is 0.310 e. The molecule has 0 amide bonds. The molecule has 0 saturated heterocycles. The zero-order valence-corrected chi connectivity index (χ0v) is 8.90. The first-order chi connectivity index (χ1) is 5.55. The number of methoxy groups -OCH3 is 1. The summed E-state index contributed by atoms with van der Waals surface area (Å²) in [5.74, 6) is 1.14. The van der Waals surface area contributed by atoms with E-state index in [9.17, 15) is 4.79 Å². The number of esters is 1. The van der Waals surface area contributed by atoms with Gasteiger partial charge in [-0.15, -0.1) is 0 Å². The molecule has 0 N–H and O–H groups in total. The van der Waals surface area contributed by atoms with Crippen LogP contribution in [0.3, 0.4) is 0 Å². The van der Waals surface area contributed by atoms with Crippen LogP contribution < -0.4 is 0 Å². The number of hydrogen-bond donors (Lipinski definition) is 0. The summed E-state index contributed by atoms with van der Waals surface area (Å²) < 4.78 is 4.73. The Balaban J connectivity index is 2.53. The lowest BCUT2D eigenvalue weighted by atomic mass is 10.1. The average molecular weight is 188 g/mol. The van der Waals surface area contributed by atoms with Gasteiger partial charge in [0, 0.05) is 5.25 Å². The number of carbonyl (C=O) groups excluding carboxylic acids is 1. The average Bonchev–Trinajstić information content (AvgIpc) is 2.53. The standard InChI is InChI=1S/C9H16O2S/c1-5-12-7-6(8(10)11-4)9(7,2)3/h6-7H,5H2,1-4H3/t6-,7+/m1/s1. The molecule has 12 heavy (non-hydrogen) atoms. The third kappa shape index (κ3) is 1.47. The van der Waals surface area contributed by atoms with Crippen molar-refractivity contribution in [1.29, 1.82) is 0 Å². The third-order valence-electron chi connectivity index (χ3n) is 2.53. The second-order valence-corrected chi connectivity index (χ2v) is 5.12. The highest BCUT2D eigenvalue weighted by molar-refractivity contribution is 8.00. The summed E-state index contributed by atoms with van der Waals surface area (Å²) >= 11 is 1.86. The van der Waals surface area contributed by atoms with Crippen LogP contribution in [0.25, 0.3) is 0 Å².